The van der Waals surface area contributed by atoms with E-state index in [1.165, 1.54) is 0 Å². The lowest BCUT2D eigenvalue weighted by Gasteiger charge is -2.12. The lowest BCUT2D eigenvalue weighted by atomic mass is 10.2. The smallest absolute Gasteiger partial charge is 0.132 e. The lowest BCUT2D eigenvalue weighted by Crippen LogP contribution is -2.01. The highest BCUT2D eigenvalue weighted by Gasteiger charge is 2.07. The van der Waals surface area contributed by atoms with Crippen molar-refractivity contribution in [2.75, 3.05) is 10.6 Å². The maximum Gasteiger partial charge on any atom is 0.132 e. The number of nitrogens with zero attached hydrogens (tertiary/aromatic N) is 2. The van der Waals surface area contributed by atoms with Crippen LogP contribution in [0, 0.1) is 11.3 Å². The highest BCUT2D eigenvalue weighted by atomic mass is 35.5. The molecule has 0 saturated heterocycles. The molecule has 0 bridgehead atoms. The summed E-state index contributed by atoms with van der Waals surface area (Å²) in [4.78, 5) is 4.25. The molecule has 0 radical (unpaired) electrons. The summed E-state index contributed by atoms with van der Waals surface area (Å²) in [6.07, 6.45) is 3.49. The van der Waals surface area contributed by atoms with Gasteiger partial charge in [-0.25, -0.2) is 4.98 Å². The number of hydrogen-bond donors (Lipinski definition) is 2. The van der Waals surface area contributed by atoms with Gasteiger partial charge in [-0.2, -0.15) is 5.26 Å². The fourth-order valence-electron chi connectivity index (χ4n) is 2.05. The van der Waals surface area contributed by atoms with Crippen LogP contribution in [0.3, 0.4) is 0 Å². The minimum atomic E-state index is 0.477. The number of aromatic nitrogens is 1. The Morgan fingerprint density at radius 1 is 1.30 bits per heavy atom. The van der Waals surface area contributed by atoms with Crippen molar-refractivity contribution in [3.63, 3.8) is 0 Å². The Morgan fingerprint density at radius 2 is 2.04 bits per heavy atom. The summed E-state index contributed by atoms with van der Waals surface area (Å²) < 4.78 is 0. The van der Waals surface area contributed by atoms with Crippen LogP contribution in [-0.4, -0.2) is 4.98 Å². The van der Waals surface area contributed by atoms with E-state index >= 15 is 0 Å². The van der Waals surface area contributed by atoms with Gasteiger partial charge in [0.15, 0.2) is 0 Å². The number of anilines is 3. The number of hydrogen-bond acceptors (Lipinski definition) is 4. The third-order valence-electron chi connectivity index (χ3n) is 2.96. The third-order valence-corrected chi connectivity index (χ3v) is 3.26. The molecule has 0 aliphatic rings. The van der Waals surface area contributed by atoms with E-state index in [1.54, 1.807) is 18.3 Å². The fraction of sp³-hybridized carbons (Fsp3) is 0.111. The third kappa shape index (κ3) is 4.60. The summed E-state index contributed by atoms with van der Waals surface area (Å²) in [5, 5.41) is 16.0. The molecular formula is C18H17ClN4. The molecule has 0 aliphatic carbocycles. The molecule has 2 N–H and O–H groups in total. The van der Waals surface area contributed by atoms with Crippen molar-refractivity contribution in [3.05, 3.63) is 71.0 Å². The molecule has 1 heterocycles. The van der Waals surface area contributed by atoms with Gasteiger partial charge in [0.2, 0.25) is 0 Å². The summed E-state index contributed by atoms with van der Waals surface area (Å²) >= 11 is 6.20. The zero-order valence-corrected chi connectivity index (χ0v) is 13.8. The van der Waals surface area contributed by atoms with Crippen LogP contribution in [0.5, 0.6) is 0 Å². The van der Waals surface area contributed by atoms with E-state index in [1.807, 2.05) is 38.1 Å². The molecule has 0 fully saturated rings. The van der Waals surface area contributed by atoms with E-state index < -0.39 is 0 Å². The van der Waals surface area contributed by atoms with E-state index in [9.17, 15) is 0 Å². The highest BCUT2D eigenvalue weighted by molar-refractivity contribution is 6.33. The van der Waals surface area contributed by atoms with Gasteiger partial charge in [-0.1, -0.05) is 35.9 Å². The summed E-state index contributed by atoms with van der Waals surface area (Å²) in [6, 6.07) is 11.2. The molecule has 1 aromatic carbocycles. The number of para-hydroxylation sites is 1. The predicted molar refractivity (Wildman–Crippen MR) is 95.9 cm³/mol. The second kappa shape index (κ2) is 7.48. The molecule has 2 aromatic rings. The van der Waals surface area contributed by atoms with Crippen LogP contribution in [0.2, 0.25) is 5.02 Å². The molecule has 0 amide bonds. The van der Waals surface area contributed by atoms with Gasteiger partial charge in [-0.15, -0.1) is 0 Å². The van der Waals surface area contributed by atoms with Gasteiger partial charge in [-0.3, -0.25) is 0 Å². The molecule has 0 unspecified atom stereocenters. The normalized spacial score (nSPS) is 10.8. The Hall–Kier alpha value is -2.77. The largest absolute Gasteiger partial charge is 0.353 e. The number of nitriles is 1. The standard InChI is InChI=1S/C18H17ClN4/c1-12(2)8-13(3)22-18-9-17(15(19)11-21-18)23-16-7-5-4-6-14(16)10-20/h4-9,11H,1H2,2-3H3,(H2,21,22,23)/b13-8+. The number of rotatable bonds is 5. The first-order valence-electron chi connectivity index (χ1n) is 7.02. The Balaban J connectivity index is 2.28. The zero-order valence-electron chi connectivity index (χ0n) is 13.0. The highest BCUT2D eigenvalue weighted by Crippen LogP contribution is 2.28. The quantitative estimate of drug-likeness (QED) is 0.738. The first-order valence-corrected chi connectivity index (χ1v) is 7.40. The second-order valence-corrected chi connectivity index (χ2v) is 5.54. The first-order chi connectivity index (χ1) is 11.0. The average molecular weight is 325 g/mol. The maximum absolute atomic E-state index is 9.16. The number of benzene rings is 1. The van der Waals surface area contributed by atoms with Crippen molar-refractivity contribution in [2.24, 2.45) is 0 Å². The van der Waals surface area contributed by atoms with Crippen molar-refractivity contribution in [3.8, 4) is 6.07 Å². The minimum absolute atomic E-state index is 0.477. The van der Waals surface area contributed by atoms with Gasteiger partial charge in [-0.05, 0) is 32.1 Å². The van der Waals surface area contributed by atoms with Crippen molar-refractivity contribution in [1.29, 1.82) is 5.26 Å². The van der Waals surface area contributed by atoms with Crippen LogP contribution in [0.1, 0.15) is 19.4 Å². The molecule has 5 heteroatoms. The van der Waals surface area contributed by atoms with Crippen molar-refractivity contribution >= 4 is 28.8 Å². The van der Waals surface area contributed by atoms with Gasteiger partial charge < -0.3 is 10.6 Å². The molecule has 1 aromatic heterocycles. The van der Waals surface area contributed by atoms with Gasteiger partial charge >= 0.3 is 0 Å². The topological polar surface area (TPSA) is 60.7 Å². The van der Waals surface area contributed by atoms with Crippen LogP contribution >= 0.6 is 11.6 Å². The first kappa shape index (κ1) is 16.6. The van der Waals surface area contributed by atoms with Gasteiger partial charge in [0.05, 0.1) is 28.2 Å². The summed E-state index contributed by atoms with van der Waals surface area (Å²) in [5.41, 5.74) is 3.80. The lowest BCUT2D eigenvalue weighted by molar-refractivity contribution is 1.25. The molecule has 2 rings (SSSR count). The molecular weight excluding hydrogens is 308 g/mol. The predicted octanol–water partition coefficient (Wildman–Crippen LogP) is 5.24. The van der Waals surface area contributed by atoms with E-state index in [-0.39, 0.29) is 0 Å². The Kier molecular flexibility index (Phi) is 5.40. The SMILES string of the molecule is C=C(C)/C=C(\C)Nc1cc(Nc2ccccc2C#N)c(Cl)cn1. The molecule has 0 atom stereocenters. The molecule has 0 spiro atoms. The van der Waals surface area contributed by atoms with Crippen LogP contribution in [0.25, 0.3) is 0 Å². The van der Waals surface area contributed by atoms with E-state index in [0.29, 0.717) is 27.8 Å². The monoisotopic (exact) mass is 324 g/mol. The molecule has 0 aliphatic heterocycles. The fourth-order valence-corrected chi connectivity index (χ4v) is 2.20. The molecule has 4 nitrogen and oxygen atoms in total. The average Bonchev–Trinajstić information content (AvgIpc) is 2.50. The maximum atomic E-state index is 9.16. The number of pyridine rings is 1. The molecule has 23 heavy (non-hydrogen) atoms. The van der Waals surface area contributed by atoms with E-state index in [4.69, 9.17) is 16.9 Å². The summed E-state index contributed by atoms with van der Waals surface area (Å²) in [6.45, 7) is 7.70. The number of nitrogens with one attached hydrogen (secondary N) is 2. The molecule has 0 saturated carbocycles. The Bertz CT molecular complexity index is 803. The number of allylic oxidation sites excluding steroid dienone is 3. The summed E-state index contributed by atoms with van der Waals surface area (Å²) in [5.74, 6) is 0.654. The Labute approximate surface area is 141 Å². The van der Waals surface area contributed by atoms with Gasteiger partial charge in [0.1, 0.15) is 11.9 Å². The van der Waals surface area contributed by atoms with Gasteiger partial charge in [0, 0.05) is 11.8 Å². The van der Waals surface area contributed by atoms with E-state index in [2.05, 4.69) is 28.3 Å². The molecule has 116 valence electrons. The summed E-state index contributed by atoms with van der Waals surface area (Å²) in [7, 11) is 0. The Morgan fingerprint density at radius 3 is 2.74 bits per heavy atom. The van der Waals surface area contributed by atoms with Crippen molar-refractivity contribution < 1.29 is 0 Å². The van der Waals surface area contributed by atoms with Crippen LogP contribution in [-0.2, 0) is 0 Å². The minimum Gasteiger partial charge on any atom is -0.353 e. The van der Waals surface area contributed by atoms with Crippen molar-refractivity contribution in [1.82, 2.24) is 4.98 Å². The van der Waals surface area contributed by atoms with Crippen LogP contribution in [0.15, 0.2) is 60.5 Å². The van der Waals surface area contributed by atoms with Crippen LogP contribution < -0.4 is 10.6 Å². The van der Waals surface area contributed by atoms with Gasteiger partial charge in [0.25, 0.3) is 0 Å². The second-order valence-electron chi connectivity index (χ2n) is 5.13. The zero-order chi connectivity index (χ0) is 16.8. The number of halogens is 1. The van der Waals surface area contributed by atoms with Crippen molar-refractivity contribution in [2.45, 2.75) is 13.8 Å². The van der Waals surface area contributed by atoms with E-state index in [0.717, 1.165) is 11.3 Å². The van der Waals surface area contributed by atoms with Crippen LogP contribution in [0.4, 0.5) is 17.2 Å².